The molecule has 2 aromatic carbocycles. The van der Waals surface area contributed by atoms with Gasteiger partial charge in [0.1, 0.15) is 6.04 Å². The first-order valence-corrected chi connectivity index (χ1v) is 9.33. The zero-order chi connectivity index (χ0) is 19.6. The van der Waals surface area contributed by atoms with Crippen LogP contribution in [0.25, 0.3) is 0 Å². The van der Waals surface area contributed by atoms with Gasteiger partial charge in [-0.1, -0.05) is 54.1 Å². The molecule has 0 radical (unpaired) electrons. The predicted molar refractivity (Wildman–Crippen MR) is 106 cm³/mol. The lowest BCUT2D eigenvalue weighted by Gasteiger charge is -2.30. The van der Waals surface area contributed by atoms with Crippen LogP contribution in [0.2, 0.25) is 5.02 Å². The lowest BCUT2D eigenvalue weighted by molar-refractivity contribution is -0.139. The maximum Gasteiger partial charge on any atom is 0.243 e. The molecule has 0 aliphatic heterocycles. The molecule has 0 saturated heterocycles. The molecule has 27 heavy (non-hydrogen) atoms. The van der Waals surface area contributed by atoms with Gasteiger partial charge in [0.05, 0.1) is 0 Å². The van der Waals surface area contributed by atoms with Crippen molar-refractivity contribution in [2.75, 3.05) is 13.2 Å². The van der Waals surface area contributed by atoms with Crippen molar-refractivity contribution in [3.05, 3.63) is 70.7 Å². The third-order valence-corrected chi connectivity index (χ3v) is 4.51. The zero-order valence-electron chi connectivity index (χ0n) is 15.4. The van der Waals surface area contributed by atoms with Crippen LogP contribution in [-0.2, 0) is 22.6 Å². The molecule has 5 nitrogen and oxygen atoms in total. The van der Waals surface area contributed by atoms with Gasteiger partial charge in [0.15, 0.2) is 0 Å². The Morgan fingerprint density at radius 3 is 2.33 bits per heavy atom. The first-order valence-electron chi connectivity index (χ1n) is 8.95. The molecule has 144 valence electrons. The lowest BCUT2D eigenvalue weighted by atomic mass is 10.0. The van der Waals surface area contributed by atoms with E-state index in [2.05, 4.69) is 5.32 Å². The van der Waals surface area contributed by atoms with Gasteiger partial charge in [0.25, 0.3) is 0 Å². The van der Waals surface area contributed by atoms with Crippen LogP contribution in [-0.4, -0.2) is 41.0 Å². The zero-order valence-corrected chi connectivity index (χ0v) is 16.2. The fourth-order valence-electron chi connectivity index (χ4n) is 2.82. The molecule has 0 heterocycles. The Morgan fingerprint density at radius 2 is 1.74 bits per heavy atom. The second-order valence-electron chi connectivity index (χ2n) is 6.35. The monoisotopic (exact) mass is 388 g/mol. The van der Waals surface area contributed by atoms with Gasteiger partial charge in [-0.15, -0.1) is 0 Å². The summed E-state index contributed by atoms with van der Waals surface area (Å²) in [4.78, 5) is 26.7. The number of aliphatic hydroxyl groups is 1. The number of hydrogen-bond donors (Lipinski definition) is 2. The number of aliphatic hydroxyl groups excluding tert-OH is 1. The second-order valence-corrected chi connectivity index (χ2v) is 6.78. The van der Waals surface area contributed by atoms with Crippen LogP contribution in [0.5, 0.6) is 0 Å². The molecule has 0 fully saturated rings. The summed E-state index contributed by atoms with van der Waals surface area (Å²) in [7, 11) is 0. The van der Waals surface area contributed by atoms with Crippen LogP contribution >= 0.6 is 11.6 Å². The number of nitrogens with one attached hydrogen (secondary N) is 1. The van der Waals surface area contributed by atoms with E-state index in [9.17, 15) is 9.59 Å². The van der Waals surface area contributed by atoms with E-state index in [4.69, 9.17) is 16.7 Å². The summed E-state index contributed by atoms with van der Waals surface area (Å²) in [6.45, 7) is 2.16. The molecule has 0 bridgehead atoms. The van der Waals surface area contributed by atoms with E-state index in [0.29, 0.717) is 31.0 Å². The molecule has 0 aromatic heterocycles. The van der Waals surface area contributed by atoms with E-state index in [0.717, 1.165) is 11.1 Å². The third-order valence-electron chi connectivity index (χ3n) is 4.26. The molecule has 2 amide bonds. The second kappa shape index (κ2) is 10.7. The Kier molecular flexibility index (Phi) is 8.30. The van der Waals surface area contributed by atoms with Crippen molar-refractivity contribution in [1.29, 1.82) is 0 Å². The smallest absolute Gasteiger partial charge is 0.243 e. The van der Waals surface area contributed by atoms with Gasteiger partial charge in [0.2, 0.25) is 11.8 Å². The number of benzene rings is 2. The maximum atomic E-state index is 12.8. The first-order chi connectivity index (χ1) is 13.0. The molecular formula is C21H25ClN2O3. The summed E-state index contributed by atoms with van der Waals surface area (Å²) in [6.07, 6.45) is 0.889. The molecular weight excluding hydrogens is 364 g/mol. The standard InChI is InChI=1S/C21H25ClN2O3/c1-16(26)24(15-18-8-10-19(22)11-9-18)20(21(27)23-12-5-13-25)14-17-6-3-2-4-7-17/h2-4,6-11,20,25H,5,12-15H2,1H3,(H,23,27)/t20-/m0/s1. The Balaban J connectivity index is 2.23. The number of nitrogens with zero attached hydrogens (tertiary/aromatic N) is 1. The van der Waals surface area contributed by atoms with E-state index in [1.165, 1.54) is 6.92 Å². The van der Waals surface area contributed by atoms with Gasteiger partial charge in [-0.3, -0.25) is 9.59 Å². The van der Waals surface area contributed by atoms with Gasteiger partial charge in [-0.25, -0.2) is 0 Å². The van der Waals surface area contributed by atoms with Crippen LogP contribution in [0, 0.1) is 0 Å². The van der Waals surface area contributed by atoms with Crippen LogP contribution < -0.4 is 5.32 Å². The first kappa shape index (κ1) is 20.9. The van der Waals surface area contributed by atoms with E-state index < -0.39 is 6.04 Å². The van der Waals surface area contributed by atoms with E-state index >= 15 is 0 Å². The molecule has 2 rings (SSSR count). The highest BCUT2D eigenvalue weighted by atomic mass is 35.5. The predicted octanol–water partition coefficient (Wildman–Crippen LogP) is 2.80. The summed E-state index contributed by atoms with van der Waals surface area (Å²) in [5.74, 6) is -0.403. The van der Waals surface area contributed by atoms with Crippen LogP contribution in [0.15, 0.2) is 54.6 Å². The molecule has 0 spiro atoms. The van der Waals surface area contributed by atoms with Crippen molar-refractivity contribution >= 4 is 23.4 Å². The van der Waals surface area contributed by atoms with Crippen molar-refractivity contribution in [3.8, 4) is 0 Å². The molecule has 2 aromatic rings. The van der Waals surface area contributed by atoms with Gasteiger partial charge in [-0.05, 0) is 29.7 Å². The van der Waals surface area contributed by atoms with Crippen molar-refractivity contribution in [3.63, 3.8) is 0 Å². The van der Waals surface area contributed by atoms with Crippen molar-refractivity contribution in [1.82, 2.24) is 10.2 Å². The molecule has 2 N–H and O–H groups in total. The Hall–Kier alpha value is -2.37. The Morgan fingerprint density at radius 1 is 1.07 bits per heavy atom. The quantitative estimate of drug-likeness (QED) is 0.649. The molecule has 0 aliphatic carbocycles. The summed E-state index contributed by atoms with van der Waals surface area (Å²) < 4.78 is 0. The molecule has 1 atom stereocenters. The van der Waals surface area contributed by atoms with Gasteiger partial charge in [0, 0.05) is 38.1 Å². The van der Waals surface area contributed by atoms with Crippen LogP contribution in [0.1, 0.15) is 24.5 Å². The largest absolute Gasteiger partial charge is 0.396 e. The van der Waals surface area contributed by atoms with Crippen molar-refractivity contribution in [2.45, 2.75) is 32.4 Å². The minimum Gasteiger partial charge on any atom is -0.396 e. The Bertz CT molecular complexity index is 735. The average Bonchev–Trinajstić information content (AvgIpc) is 2.66. The SMILES string of the molecule is CC(=O)N(Cc1ccc(Cl)cc1)[C@@H](Cc1ccccc1)C(=O)NCCCO. The highest BCUT2D eigenvalue weighted by Crippen LogP contribution is 2.16. The van der Waals surface area contributed by atoms with Crippen LogP contribution in [0.4, 0.5) is 0 Å². The maximum absolute atomic E-state index is 12.8. The molecule has 0 saturated carbocycles. The van der Waals surface area contributed by atoms with Crippen LogP contribution in [0.3, 0.4) is 0 Å². The summed E-state index contributed by atoms with van der Waals surface area (Å²) >= 11 is 5.94. The minimum atomic E-state index is -0.640. The average molecular weight is 389 g/mol. The number of hydrogen-bond acceptors (Lipinski definition) is 3. The van der Waals surface area contributed by atoms with E-state index in [-0.39, 0.29) is 18.4 Å². The van der Waals surface area contributed by atoms with Gasteiger partial charge < -0.3 is 15.3 Å². The molecule has 0 aliphatic rings. The fourth-order valence-corrected chi connectivity index (χ4v) is 2.94. The number of carbonyl (C=O) groups is 2. The number of amides is 2. The number of rotatable bonds is 9. The molecule has 6 heteroatoms. The van der Waals surface area contributed by atoms with Gasteiger partial charge >= 0.3 is 0 Å². The van der Waals surface area contributed by atoms with Crippen molar-refractivity contribution in [2.24, 2.45) is 0 Å². The normalized spacial score (nSPS) is 11.7. The Labute approximate surface area is 165 Å². The number of carbonyl (C=O) groups excluding carboxylic acids is 2. The highest BCUT2D eigenvalue weighted by molar-refractivity contribution is 6.30. The van der Waals surface area contributed by atoms with E-state index in [1.54, 1.807) is 17.0 Å². The lowest BCUT2D eigenvalue weighted by Crippen LogP contribution is -2.50. The molecule has 0 unspecified atom stereocenters. The number of halogens is 1. The van der Waals surface area contributed by atoms with E-state index in [1.807, 2.05) is 42.5 Å². The van der Waals surface area contributed by atoms with Crippen molar-refractivity contribution < 1.29 is 14.7 Å². The third kappa shape index (κ3) is 6.70. The summed E-state index contributed by atoms with van der Waals surface area (Å²) in [5, 5.41) is 12.4. The summed E-state index contributed by atoms with van der Waals surface area (Å²) in [5.41, 5.74) is 1.87. The summed E-state index contributed by atoms with van der Waals surface area (Å²) in [6, 6.07) is 16.2. The highest BCUT2D eigenvalue weighted by Gasteiger charge is 2.28. The van der Waals surface area contributed by atoms with Gasteiger partial charge in [-0.2, -0.15) is 0 Å². The topological polar surface area (TPSA) is 69.6 Å². The fraction of sp³-hybridized carbons (Fsp3) is 0.333. The minimum absolute atomic E-state index is 0.00479.